The monoisotopic (exact) mass is 361 g/mol. The summed E-state index contributed by atoms with van der Waals surface area (Å²) in [5.41, 5.74) is 2.77. The predicted octanol–water partition coefficient (Wildman–Crippen LogP) is 4.45. The van der Waals surface area contributed by atoms with Crippen molar-refractivity contribution >= 4 is 16.6 Å². The number of nitrogens with zero attached hydrogens (tertiary/aromatic N) is 3. The molecule has 4 rings (SSSR count). The van der Waals surface area contributed by atoms with Crippen LogP contribution in [0.5, 0.6) is 5.75 Å². The molecule has 1 aliphatic rings. The van der Waals surface area contributed by atoms with E-state index in [2.05, 4.69) is 10.1 Å². The average molecular weight is 361 g/mol. The molecular weight excluding hydrogens is 338 g/mol. The Balaban J connectivity index is 1.73. The van der Waals surface area contributed by atoms with Gasteiger partial charge in [-0.1, -0.05) is 36.2 Å². The van der Waals surface area contributed by atoms with Gasteiger partial charge in [0, 0.05) is 5.71 Å². The van der Waals surface area contributed by atoms with Gasteiger partial charge in [-0.05, 0) is 56.9 Å². The Bertz CT molecular complexity index is 1030. The van der Waals surface area contributed by atoms with Crippen molar-refractivity contribution in [3.63, 3.8) is 0 Å². The standard InChI is InChI=1S/C22H23N3O2/c1-16-11-13-18(14-12-16)27-15-21-23-20-10-6-5-9-19(20)22(26)25(21)24-17-7-3-2-4-8-17/h5-6,9-14H,2-4,7-8,15H2,1H3. The Labute approximate surface area is 158 Å². The van der Waals surface area contributed by atoms with E-state index in [4.69, 9.17) is 4.74 Å². The first-order valence-electron chi connectivity index (χ1n) is 9.47. The Kier molecular flexibility index (Phi) is 5.01. The molecule has 138 valence electrons. The number of ether oxygens (including phenoxy) is 1. The zero-order valence-corrected chi connectivity index (χ0v) is 15.5. The predicted molar refractivity (Wildman–Crippen MR) is 107 cm³/mol. The normalized spacial score (nSPS) is 14.3. The van der Waals surface area contributed by atoms with E-state index in [1.165, 1.54) is 16.7 Å². The maximum atomic E-state index is 13.0. The highest BCUT2D eigenvalue weighted by molar-refractivity contribution is 5.85. The summed E-state index contributed by atoms with van der Waals surface area (Å²) >= 11 is 0. The van der Waals surface area contributed by atoms with E-state index in [0.29, 0.717) is 16.7 Å². The lowest BCUT2D eigenvalue weighted by atomic mass is 9.99. The van der Waals surface area contributed by atoms with E-state index < -0.39 is 0 Å². The third kappa shape index (κ3) is 3.92. The molecular formula is C22H23N3O2. The number of benzene rings is 2. The summed E-state index contributed by atoms with van der Waals surface area (Å²) in [6.07, 6.45) is 5.37. The van der Waals surface area contributed by atoms with Gasteiger partial charge in [-0.2, -0.15) is 9.78 Å². The summed E-state index contributed by atoms with van der Waals surface area (Å²) in [6.45, 7) is 2.23. The van der Waals surface area contributed by atoms with Crippen molar-refractivity contribution in [1.82, 2.24) is 9.66 Å². The summed E-state index contributed by atoms with van der Waals surface area (Å²) in [5.74, 6) is 1.28. The summed E-state index contributed by atoms with van der Waals surface area (Å²) < 4.78 is 7.33. The van der Waals surface area contributed by atoms with Crippen molar-refractivity contribution in [1.29, 1.82) is 0 Å². The third-order valence-electron chi connectivity index (χ3n) is 4.88. The second-order valence-corrected chi connectivity index (χ2v) is 6.99. The molecule has 0 amide bonds. The molecule has 0 spiro atoms. The summed E-state index contributed by atoms with van der Waals surface area (Å²) in [5, 5.41) is 5.25. The number of rotatable bonds is 4. The van der Waals surface area contributed by atoms with Gasteiger partial charge in [-0.15, -0.1) is 0 Å². The minimum Gasteiger partial charge on any atom is -0.486 e. The summed E-state index contributed by atoms with van der Waals surface area (Å²) in [4.78, 5) is 17.7. The van der Waals surface area contributed by atoms with Crippen molar-refractivity contribution in [3.8, 4) is 5.75 Å². The Morgan fingerprint density at radius 3 is 2.56 bits per heavy atom. The molecule has 0 saturated heterocycles. The number of fused-ring (bicyclic) bond motifs is 1. The second-order valence-electron chi connectivity index (χ2n) is 6.99. The highest BCUT2D eigenvalue weighted by Crippen LogP contribution is 2.17. The van der Waals surface area contributed by atoms with Crippen LogP contribution in [0.25, 0.3) is 10.9 Å². The minimum absolute atomic E-state index is 0.138. The highest BCUT2D eigenvalue weighted by atomic mass is 16.5. The van der Waals surface area contributed by atoms with Crippen molar-refractivity contribution in [2.24, 2.45) is 5.10 Å². The third-order valence-corrected chi connectivity index (χ3v) is 4.88. The molecule has 1 aromatic heterocycles. The molecule has 0 bridgehead atoms. The van der Waals surface area contributed by atoms with Crippen LogP contribution in [-0.4, -0.2) is 15.4 Å². The van der Waals surface area contributed by atoms with E-state index in [1.54, 1.807) is 6.07 Å². The van der Waals surface area contributed by atoms with E-state index in [-0.39, 0.29) is 12.2 Å². The van der Waals surface area contributed by atoms with Crippen molar-refractivity contribution in [2.45, 2.75) is 45.6 Å². The first-order chi connectivity index (χ1) is 13.2. The van der Waals surface area contributed by atoms with Crippen LogP contribution in [0.2, 0.25) is 0 Å². The lowest BCUT2D eigenvalue weighted by Gasteiger charge is -2.15. The molecule has 1 heterocycles. The molecule has 5 nitrogen and oxygen atoms in total. The van der Waals surface area contributed by atoms with Gasteiger partial charge in [0.05, 0.1) is 10.9 Å². The van der Waals surface area contributed by atoms with Crippen LogP contribution in [0, 0.1) is 6.92 Å². The molecule has 1 saturated carbocycles. The number of hydrogen-bond donors (Lipinski definition) is 0. The molecule has 1 aliphatic carbocycles. The first kappa shape index (κ1) is 17.5. The Morgan fingerprint density at radius 2 is 1.78 bits per heavy atom. The fraction of sp³-hybridized carbons (Fsp3) is 0.318. The first-order valence-corrected chi connectivity index (χ1v) is 9.47. The van der Waals surface area contributed by atoms with Gasteiger partial charge in [-0.3, -0.25) is 4.79 Å². The summed E-state index contributed by atoms with van der Waals surface area (Å²) in [7, 11) is 0. The van der Waals surface area contributed by atoms with Crippen LogP contribution in [0.1, 0.15) is 43.5 Å². The van der Waals surface area contributed by atoms with Crippen LogP contribution in [0.3, 0.4) is 0 Å². The van der Waals surface area contributed by atoms with Gasteiger partial charge in [0.2, 0.25) is 0 Å². The van der Waals surface area contributed by atoms with Crippen molar-refractivity contribution in [2.75, 3.05) is 0 Å². The number of aromatic nitrogens is 2. The smallest absolute Gasteiger partial charge is 0.282 e. The molecule has 1 fully saturated rings. The van der Waals surface area contributed by atoms with E-state index >= 15 is 0 Å². The quantitative estimate of drug-likeness (QED) is 0.690. The molecule has 0 N–H and O–H groups in total. The van der Waals surface area contributed by atoms with Crippen LogP contribution < -0.4 is 10.3 Å². The molecule has 0 radical (unpaired) electrons. The fourth-order valence-electron chi connectivity index (χ4n) is 3.35. The maximum Gasteiger partial charge on any atom is 0.282 e. The topological polar surface area (TPSA) is 56.5 Å². The Hall–Kier alpha value is -2.95. The van der Waals surface area contributed by atoms with Gasteiger partial charge >= 0.3 is 0 Å². The zero-order valence-electron chi connectivity index (χ0n) is 15.5. The van der Waals surface area contributed by atoms with Crippen LogP contribution in [0.4, 0.5) is 0 Å². The SMILES string of the molecule is Cc1ccc(OCc2nc3ccccc3c(=O)n2N=C2CCCCC2)cc1. The second kappa shape index (κ2) is 7.74. The molecule has 3 aromatic rings. The molecule has 2 aromatic carbocycles. The number of para-hydroxylation sites is 1. The van der Waals surface area contributed by atoms with Crippen LogP contribution in [-0.2, 0) is 6.61 Å². The molecule has 0 atom stereocenters. The molecule has 0 aliphatic heterocycles. The Morgan fingerprint density at radius 1 is 1.04 bits per heavy atom. The van der Waals surface area contributed by atoms with Gasteiger partial charge in [0.25, 0.3) is 5.56 Å². The van der Waals surface area contributed by atoms with E-state index in [1.807, 2.05) is 49.4 Å². The lowest BCUT2D eigenvalue weighted by molar-refractivity contribution is 0.289. The number of hydrogen-bond acceptors (Lipinski definition) is 4. The zero-order chi connectivity index (χ0) is 18.6. The van der Waals surface area contributed by atoms with Crippen LogP contribution in [0.15, 0.2) is 58.4 Å². The van der Waals surface area contributed by atoms with Gasteiger partial charge in [0.15, 0.2) is 5.82 Å². The minimum atomic E-state index is -0.138. The highest BCUT2D eigenvalue weighted by Gasteiger charge is 2.14. The summed E-state index contributed by atoms with van der Waals surface area (Å²) in [6, 6.07) is 15.2. The molecule has 5 heteroatoms. The molecule has 27 heavy (non-hydrogen) atoms. The fourth-order valence-corrected chi connectivity index (χ4v) is 3.35. The van der Waals surface area contributed by atoms with Crippen molar-refractivity contribution < 1.29 is 4.74 Å². The van der Waals surface area contributed by atoms with E-state index in [9.17, 15) is 4.79 Å². The molecule has 0 unspecified atom stereocenters. The average Bonchev–Trinajstić information content (AvgIpc) is 2.71. The lowest BCUT2D eigenvalue weighted by Crippen LogP contribution is -2.25. The number of aryl methyl sites for hydroxylation is 1. The van der Waals surface area contributed by atoms with Crippen LogP contribution >= 0.6 is 0 Å². The van der Waals surface area contributed by atoms with Gasteiger partial charge in [-0.25, -0.2) is 4.98 Å². The largest absolute Gasteiger partial charge is 0.486 e. The van der Waals surface area contributed by atoms with Gasteiger partial charge in [0.1, 0.15) is 12.4 Å². The van der Waals surface area contributed by atoms with E-state index in [0.717, 1.165) is 37.1 Å². The van der Waals surface area contributed by atoms with Crippen molar-refractivity contribution in [3.05, 3.63) is 70.3 Å². The van der Waals surface area contributed by atoms with Gasteiger partial charge < -0.3 is 4.74 Å². The maximum absolute atomic E-state index is 13.0.